The summed E-state index contributed by atoms with van der Waals surface area (Å²) in [6.07, 6.45) is 0. The van der Waals surface area contributed by atoms with Crippen molar-refractivity contribution in [1.82, 2.24) is 9.71 Å². The van der Waals surface area contributed by atoms with E-state index in [9.17, 15) is 18.0 Å². The molecule has 3 aromatic rings. The van der Waals surface area contributed by atoms with Gasteiger partial charge in [-0.1, -0.05) is 0 Å². The summed E-state index contributed by atoms with van der Waals surface area (Å²) in [5.41, 5.74) is 2.08. The number of amides is 2. The zero-order valence-electron chi connectivity index (χ0n) is 18.5. The summed E-state index contributed by atoms with van der Waals surface area (Å²) in [7, 11) is -2.36. The number of hydrogen-bond acceptors (Lipinski definition) is 7. The number of methoxy groups -OCH3 is 1. The molecule has 2 aromatic carbocycles. The zero-order chi connectivity index (χ0) is 24.2. The molecule has 1 atom stereocenters. The van der Waals surface area contributed by atoms with Crippen molar-refractivity contribution in [3.8, 4) is 17.0 Å². The third-order valence-electron chi connectivity index (χ3n) is 4.60. The zero-order valence-corrected chi connectivity index (χ0v) is 20.1. The third-order valence-corrected chi connectivity index (χ3v) is 7.04. The predicted molar refractivity (Wildman–Crippen MR) is 128 cm³/mol. The van der Waals surface area contributed by atoms with Crippen LogP contribution in [0.4, 0.5) is 10.8 Å². The molecule has 33 heavy (non-hydrogen) atoms. The molecule has 0 saturated heterocycles. The number of hydrogen-bond donors (Lipinski definition) is 3. The molecule has 3 rings (SSSR count). The Bertz CT molecular complexity index is 1250. The number of anilines is 2. The number of aromatic nitrogens is 1. The molecule has 1 aromatic heterocycles. The van der Waals surface area contributed by atoms with Gasteiger partial charge in [0.2, 0.25) is 21.8 Å². The maximum atomic E-state index is 12.6. The van der Waals surface area contributed by atoms with Crippen LogP contribution >= 0.6 is 11.3 Å². The number of rotatable bonds is 8. The van der Waals surface area contributed by atoms with E-state index in [1.807, 2.05) is 31.2 Å². The second kappa shape index (κ2) is 10.1. The standard InChI is InChI=1S/C22H24N4O5S2/c1-13(26-33(29,30)19-11-7-17(8-12-19)23-15(3)27)21(28)25-22-24-20(14(2)32-22)16-5-9-18(31-4)10-6-16/h5-13,26H,1-4H3,(H,23,27)(H,24,25,28)/t13-/m0/s1. The fraction of sp³-hybridized carbons (Fsp3) is 0.227. The van der Waals surface area contributed by atoms with Gasteiger partial charge in [-0.05, 0) is 62.4 Å². The Morgan fingerprint density at radius 1 is 1.03 bits per heavy atom. The first-order valence-electron chi connectivity index (χ1n) is 9.92. The van der Waals surface area contributed by atoms with Gasteiger partial charge in [0.15, 0.2) is 5.13 Å². The van der Waals surface area contributed by atoms with Gasteiger partial charge < -0.3 is 15.4 Å². The molecule has 0 aliphatic carbocycles. The largest absolute Gasteiger partial charge is 0.497 e. The van der Waals surface area contributed by atoms with Crippen LogP contribution in [0.2, 0.25) is 0 Å². The average molecular weight is 489 g/mol. The Morgan fingerprint density at radius 2 is 1.67 bits per heavy atom. The SMILES string of the molecule is COc1ccc(-c2nc(NC(=O)[C@H](C)NS(=O)(=O)c3ccc(NC(C)=O)cc3)sc2C)cc1. The number of benzene rings is 2. The summed E-state index contributed by atoms with van der Waals surface area (Å²) in [5, 5.41) is 5.60. The minimum atomic E-state index is -3.95. The number of nitrogens with zero attached hydrogens (tertiary/aromatic N) is 1. The first-order chi connectivity index (χ1) is 15.6. The van der Waals surface area contributed by atoms with E-state index in [0.29, 0.717) is 10.8 Å². The molecule has 9 nitrogen and oxygen atoms in total. The van der Waals surface area contributed by atoms with Gasteiger partial charge in [-0.3, -0.25) is 9.59 Å². The van der Waals surface area contributed by atoms with E-state index < -0.39 is 22.0 Å². The van der Waals surface area contributed by atoms with Crippen molar-refractivity contribution in [2.45, 2.75) is 31.7 Å². The molecule has 0 bridgehead atoms. The number of carbonyl (C=O) groups excluding carboxylic acids is 2. The number of aryl methyl sites for hydroxylation is 1. The second-order valence-corrected chi connectivity index (χ2v) is 10.1. The molecule has 0 saturated carbocycles. The molecule has 0 aliphatic rings. The number of ether oxygens (including phenoxy) is 1. The van der Waals surface area contributed by atoms with Crippen LogP contribution in [0, 0.1) is 6.92 Å². The van der Waals surface area contributed by atoms with Gasteiger partial charge in [0, 0.05) is 23.1 Å². The number of carbonyl (C=O) groups is 2. The lowest BCUT2D eigenvalue weighted by molar-refractivity contribution is -0.117. The van der Waals surface area contributed by atoms with E-state index in [1.54, 1.807) is 7.11 Å². The van der Waals surface area contributed by atoms with Crippen molar-refractivity contribution >= 4 is 44.0 Å². The molecular formula is C22H24N4O5S2. The molecule has 0 unspecified atom stereocenters. The molecule has 3 N–H and O–H groups in total. The Labute approximate surface area is 196 Å². The summed E-state index contributed by atoms with van der Waals surface area (Å²) < 4.78 is 32.8. The number of thiazole rings is 1. The van der Waals surface area contributed by atoms with Gasteiger partial charge in [0.05, 0.1) is 23.7 Å². The highest BCUT2D eigenvalue weighted by Crippen LogP contribution is 2.31. The summed E-state index contributed by atoms with van der Waals surface area (Å²) in [6, 6.07) is 12.0. The van der Waals surface area contributed by atoms with Crippen molar-refractivity contribution in [3.63, 3.8) is 0 Å². The minimum Gasteiger partial charge on any atom is -0.497 e. The van der Waals surface area contributed by atoms with E-state index in [-0.39, 0.29) is 10.8 Å². The van der Waals surface area contributed by atoms with E-state index in [0.717, 1.165) is 21.9 Å². The quantitative estimate of drug-likeness (QED) is 0.446. The Balaban J connectivity index is 1.67. The van der Waals surface area contributed by atoms with Crippen LogP contribution < -0.4 is 20.1 Å². The van der Waals surface area contributed by atoms with Crippen LogP contribution in [0.1, 0.15) is 18.7 Å². The molecule has 0 fully saturated rings. The summed E-state index contributed by atoms with van der Waals surface area (Å²) in [4.78, 5) is 29.1. The van der Waals surface area contributed by atoms with Crippen LogP contribution in [0.3, 0.4) is 0 Å². The molecule has 174 valence electrons. The third kappa shape index (κ3) is 6.15. The van der Waals surface area contributed by atoms with Gasteiger partial charge >= 0.3 is 0 Å². The first-order valence-corrected chi connectivity index (χ1v) is 12.2. The lowest BCUT2D eigenvalue weighted by atomic mass is 10.1. The van der Waals surface area contributed by atoms with Crippen LogP contribution in [0.15, 0.2) is 53.4 Å². The molecule has 0 radical (unpaired) electrons. The Kier molecular flexibility index (Phi) is 7.46. The molecule has 0 aliphatic heterocycles. The smallest absolute Gasteiger partial charge is 0.244 e. The van der Waals surface area contributed by atoms with Crippen molar-refractivity contribution in [3.05, 3.63) is 53.4 Å². The fourth-order valence-electron chi connectivity index (χ4n) is 2.96. The van der Waals surface area contributed by atoms with E-state index in [2.05, 4.69) is 20.3 Å². The summed E-state index contributed by atoms with van der Waals surface area (Å²) >= 11 is 1.30. The Morgan fingerprint density at radius 3 is 2.24 bits per heavy atom. The highest BCUT2D eigenvalue weighted by atomic mass is 32.2. The van der Waals surface area contributed by atoms with Crippen molar-refractivity contribution in [1.29, 1.82) is 0 Å². The molecule has 2 amide bonds. The van der Waals surface area contributed by atoms with Crippen LogP contribution in [0.25, 0.3) is 11.3 Å². The van der Waals surface area contributed by atoms with E-state index in [4.69, 9.17) is 4.74 Å². The normalized spacial score (nSPS) is 12.1. The van der Waals surface area contributed by atoms with Crippen molar-refractivity contribution in [2.75, 3.05) is 17.7 Å². The second-order valence-electron chi connectivity index (χ2n) is 7.19. The Hall–Kier alpha value is -3.28. The first kappa shape index (κ1) is 24.4. The van der Waals surface area contributed by atoms with Gasteiger partial charge in [-0.15, -0.1) is 11.3 Å². The summed E-state index contributed by atoms with van der Waals surface area (Å²) in [5.74, 6) is -0.0731. The number of nitrogens with one attached hydrogen (secondary N) is 3. The van der Waals surface area contributed by atoms with Crippen LogP contribution in [-0.4, -0.2) is 38.4 Å². The number of sulfonamides is 1. The van der Waals surface area contributed by atoms with E-state index >= 15 is 0 Å². The minimum absolute atomic E-state index is 0.0249. The predicted octanol–water partition coefficient (Wildman–Crippen LogP) is 3.39. The van der Waals surface area contributed by atoms with Crippen molar-refractivity contribution < 1.29 is 22.7 Å². The molecule has 0 spiro atoms. The maximum absolute atomic E-state index is 12.6. The monoisotopic (exact) mass is 488 g/mol. The van der Waals surface area contributed by atoms with Gasteiger partial charge in [0.1, 0.15) is 5.75 Å². The highest BCUT2D eigenvalue weighted by Gasteiger charge is 2.23. The maximum Gasteiger partial charge on any atom is 0.244 e. The van der Waals surface area contributed by atoms with Crippen LogP contribution in [0.5, 0.6) is 5.75 Å². The summed E-state index contributed by atoms with van der Waals surface area (Å²) in [6.45, 7) is 4.70. The topological polar surface area (TPSA) is 126 Å². The highest BCUT2D eigenvalue weighted by molar-refractivity contribution is 7.89. The lowest BCUT2D eigenvalue weighted by Crippen LogP contribution is -2.41. The average Bonchev–Trinajstić information content (AvgIpc) is 3.13. The molecular weight excluding hydrogens is 464 g/mol. The fourth-order valence-corrected chi connectivity index (χ4v) is 5.00. The molecule has 1 heterocycles. The van der Waals surface area contributed by atoms with Gasteiger partial charge in [-0.2, -0.15) is 4.72 Å². The van der Waals surface area contributed by atoms with Crippen LogP contribution in [-0.2, 0) is 19.6 Å². The van der Waals surface area contributed by atoms with Gasteiger partial charge in [0.25, 0.3) is 0 Å². The lowest BCUT2D eigenvalue weighted by Gasteiger charge is -2.14. The van der Waals surface area contributed by atoms with Gasteiger partial charge in [-0.25, -0.2) is 13.4 Å². The van der Waals surface area contributed by atoms with Crippen molar-refractivity contribution in [2.24, 2.45) is 0 Å². The van der Waals surface area contributed by atoms with E-state index in [1.165, 1.54) is 49.4 Å². The molecule has 11 heteroatoms.